The molecule has 1 N–H and O–H groups in total. The van der Waals surface area contributed by atoms with E-state index in [2.05, 4.69) is 22.6 Å². The average Bonchev–Trinajstić information content (AvgIpc) is 1.86. The van der Waals surface area contributed by atoms with Crippen molar-refractivity contribution in [3.05, 3.63) is 0 Å². The van der Waals surface area contributed by atoms with Crippen molar-refractivity contribution in [2.45, 2.75) is 35.5 Å². The van der Waals surface area contributed by atoms with Gasteiger partial charge in [-0.2, -0.15) is 0 Å². The number of aliphatic hydroxyl groups is 1. The molecule has 10 heavy (non-hydrogen) atoms. The molecule has 58 valence electrons. The van der Waals surface area contributed by atoms with Gasteiger partial charge in [0.2, 0.25) is 0 Å². The monoisotopic (exact) mass is 252 g/mol. The van der Waals surface area contributed by atoms with E-state index in [1.54, 1.807) is 0 Å². The lowest BCUT2D eigenvalue weighted by Gasteiger charge is -2.57. The topological polar surface area (TPSA) is 20.2 Å². The third-order valence-electron chi connectivity index (χ3n) is 3.05. The Bertz CT molecular complexity index is 149. The van der Waals surface area contributed by atoms with Crippen LogP contribution in [0.25, 0.3) is 0 Å². The van der Waals surface area contributed by atoms with Crippen molar-refractivity contribution < 1.29 is 5.11 Å². The minimum Gasteiger partial charge on any atom is -0.396 e. The molecule has 0 saturated heterocycles. The van der Waals surface area contributed by atoms with Crippen LogP contribution in [0.2, 0.25) is 0 Å². The van der Waals surface area contributed by atoms with Crippen molar-refractivity contribution in [2.75, 3.05) is 6.61 Å². The molecule has 3 fully saturated rings. The summed E-state index contributed by atoms with van der Waals surface area (Å²) >= 11 is 2.58. The van der Waals surface area contributed by atoms with Gasteiger partial charge in [0.1, 0.15) is 0 Å². The Balaban J connectivity index is 2.08. The van der Waals surface area contributed by atoms with E-state index in [0.29, 0.717) is 15.4 Å². The summed E-state index contributed by atoms with van der Waals surface area (Å²) in [5.41, 5.74) is 0.374. The second-order valence-corrected chi connectivity index (χ2v) is 6.30. The fourth-order valence-corrected chi connectivity index (χ4v) is 4.62. The maximum atomic E-state index is 9.10. The van der Waals surface area contributed by atoms with Gasteiger partial charge in [0.05, 0.1) is 0 Å². The van der Waals surface area contributed by atoms with Gasteiger partial charge in [-0.1, -0.05) is 29.0 Å². The SMILES string of the molecule is OCC12CCCC(I)(C1)C2. The van der Waals surface area contributed by atoms with Gasteiger partial charge in [-0.25, -0.2) is 0 Å². The van der Waals surface area contributed by atoms with Crippen LogP contribution in [0.4, 0.5) is 0 Å². The maximum absolute atomic E-state index is 9.10. The van der Waals surface area contributed by atoms with Crippen LogP contribution >= 0.6 is 22.6 Å². The van der Waals surface area contributed by atoms with Crippen LogP contribution in [-0.2, 0) is 0 Å². The highest BCUT2D eigenvalue weighted by Gasteiger charge is 2.55. The van der Waals surface area contributed by atoms with Crippen molar-refractivity contribution in [1.82, 2.24) is 0 Å². The number of halogens is 1. The lowest BCUT2D eigenvalue weighted by atomic mass is 9.54. The van der Waals surface area contributed by atoms with Crippen LogP contribution in [0.1, 0.15) is 32.1 Å². The molecule has 0 spiro atoms. The molecule has 3 aliphatic carbocycles. The number of fused-ring (bicyclic) bond motifs is 2. The first-order chi connectivity index (χ1) is 4.68. The van der Waals surface area contributed by atoms with Crippen LogP contribution in [0.15, 0.2) is 0 Å². The molecular formula is C8H13IO. The Hall–Kier alpha value is 0.690. The predicted molar refractivity (Wildman–Crippen MR) is 49.4 cm³/mol. The largest absolute Gasteiger partial charge is 0.396 e. The molecule has 0 radical (unpaired) electrons. The van der Waals surface area contributed by atoms with Crippen molar-refractivity contribution in [3.63, 3.8) is 0 Å². The van der Waals surface area contributed by atoms with E-state index in [9.17, 15) is 0 Å². The minimum atomic E-state index is 0.374. The molecule has 3 saturated carbocycles. The molecule has 0 aromatic carbocycles. The Morgan fingerprint density at radius 1 is 1.30 bits per heavy atom. The highest BCUT2D eigenvalue weighted by molar-refractivity contribution is 14.1. The fraction of sp³-hybridized carbons (Fsp3) is 1.00. The minimum absolute atomic E-state index is 0.374. The normalized spacial score (nSPS) is 52.2. The molecule has 3 rings (SSSR count). The number of hydrogen-bond acceptors (Lipinski definition) is 1. The fourth-order valence-electron chi connectivity index (χ4n) is 2.62. The van der Waals surface area contributed by atoms with E-state index in [4.69, 9.17) is 5.11 Å². The highest BCUT2D eigenvalue weighted by Crippen LogP contribution is 2.62. The quantitative estimate of drug-likeness (QED) is 0.559. The molecule has 1 nitrogen and oxygen atoms in total. The van der Waals surface area contributed by atoms with E-state index in [-0.39, 0.29) is 0 Å². The van der Waals surface area contributed by atoms with E-state index in [1.807, 2.05) is 0 Å². The summed E-state index contributed by atoms with van der Waals surface area (Å²) in [5, 5.41) is 9.10. The van der Waals surface area contributed by atoms with Crippen molar-refractivity contribution in [2.24, 2.45) is 5.41 Å². The van der Waals surface area contributed by atoms with E-state index in [0.717, 1.165) is 0 Å². The lowest BCUT2D eigenvalue weighted by molar-refractivity contribution is -0.0224. The number of hydrogen-bond donors (Lipinski definition) is 1. The summed E-state index contributed by atoms with van der Waals surface area (Å²) in [6.07, 6.45) is 6.54. The molecular weight excluding hydrogens is 239 g/mol. The molecule has 0 aromatic rings. The summed E-state index contributed by atoms with van der Waals surface area (Å²) in [4.78, 5) is 0. The zero-order chi connectivity index (χ0) is 7.24. The molecule has 0 atom stereocenters. The summed E-state index contributed by atoms with van der Waals surface area (Å²) in [5.74, 6) is 0. The predicted octanol–water partition coefficient (Wildman–Crippen LogP) is 2.12. The molecule has 0 aromatic heterocycles. The lowest BCUT2D eigenvalue weighted by Crippen LogP contribution is -2.53. The smallest absolute Gasteiger partial charge is 0.0488 e. The Morgan fingerprint density at radius 2 is 2.00 bits per heavy atom. The zero-order valence-corrected chi connectivity index (χ0v) is 8.23. The van der Waals surface area contributed by atoms with Crippen LogP contribution < -0.4 is 0 Å². The Morgan fingerprint density at radius 3 is 2.40 bits per heavy atom. The first kappa shape index (κ1) is 7.35. The summed E-state index contributed by atoms with van der Waals surface area (Å²) in [6.45, 7) is 0.428. The molecule has 0 unspecified atom stereocenters. The van der Waals surface area contributed by atoms with Crippen LogP contribution in [0.3, 0.4) is 0 Å². The van der Waals surface area contributed by atoms with Gasteiger partial charge < -0.3 is 5.11 Å². The Kier molecular flexibility index (Phi) is 1.54. The number of alkyl halides is 1. The second-order valence-electron chi connectivity index (χ2n) is 4.02. The number of rotatable bonds is 1. The van der Waals surface area contributed by atoms with Gasteiger partial charge in [-0.15, -0.1) is 0 Å². The van der Waals surface area contributed by atoms with Crippen LogP contribution in [-0.4, -0.2) is 15.1 Å². The molecule has 2 heteroatoms. The van der Waals surface area contributed by atoms with Crippen LogP contribution in [0.5, 0.6) is 0 Å². The van der Waals surface area contributed by atoms with Gasteiger partial charge in [0.15, 0.2) is 0 Å². The molecule has 3 aliphatic rings. The third kappa shape index (κ3) is 0.916. The Labute approximate surface area is 75.3 Å². The van der Waals surface area contributed by atoms with Crippen LogP contribution in [0, 0.1) is 5.41 Å². The summed E-state index contributed by atoms with van der Waals surface area (Å²) in [6, 6.07) is 0. The molecule has 2 bridgehead atoms. The molecule has 0 amide bonds. The van der Waals surface area contributed by atoms with Crippen molar-refractivity contribution in [1.29, 1.82) is 0 Å². The van der Waals surface area contributed by atoms with E-state index in [1.165, 1.54) is 32.1 Å². The second kappa shape index (κ2) is 2.09. The molecule has 0 aliphatic heterocycles. The van der Waals surface area contributed by atoms with Crippen molar-refractivity contribution in [3.8, 4) is 0 Å². The first-order valence-corrected chi connectivity index (χ1v) is 5.06. The zero-order valence-electron chi connectivity index (χ0n) is 6.07. The van der Waals surface area contributed by atoms with Gasteiger partial charge in [-0.05, 0) is 31.1 Å². The average molecular weight is 252 g/mol. The van der Waals surface area contributed by atoms with Gasteiger partial charge in [0, 0.05) is 10.0 Å². The van der Waals surface area contributed by atoms with Crippen molar-refractivity contribution >= 4 is 22.6 Å². The first-order valence-electron chi connectivity index (χ1n) is 3.98. The maximum Gasteiger partial charge on any atom is 0.0488 e. The summed E-state index contributed by atoms with van der Waals surface area (Å²) < 4.78 is 0.596. The van der Waals surface area contributed by atoms with Gasteiger partial charge in [-0.3, -0.25) is 0 Å². The highest BCUT2D eigenvalue weighted by atomic mass is 127. The van der Waals surface area contributed by atoms with E-state index >= 15 is 0 Å². The third-order valence-corrected chi connectivity index (χ3v) is 4.35. The number of aliphatic hydroxyl groups excluding tert-OH is 1. The summed E-state index contributed by atoms with van der Waals surface area (Å²) in [7, 11) is 0. The van der Waals surface area contributed by atoms with Gasteiger partial charge in [0.25, 0.3) is 0 Å². The standard InChI is InChI=1S/C8H13IO/c9-8-3-1-2-7(4-8,5-8)6-10/h10H,1-6H2. The molecule has 0 heterocycles. The van der Waals surface area contributed by atoms with E-state index < -0.39 is 0 Å². The van der Waals surface area contributed by atoms with Gasteiger partial charge >= 0.3 is 0 Å².